The van der Waals surface area contributed by atoms with Crippen LogP contribution in [0, 0.1) is 0 Å². The first kappa shape index (κ1) is 12.4. The lowest BCUT2D eigenvalue weighted by Crippen LogP contribution is -2.16. The molecule has 0 unspecified atom stereocenters. The van der Waals surface area contributed by atoms with Crippen LogP contribution in [0.15, 0.2) is 12.4 Å². The molecule has 4 heteroatoms. The highest BCUT2D eigenvalue weighted by Gasteiger charge is 2.18. The summed E-state index contributed by atoms with van der Waals surface area (Å²) in [6, 6.07) is 0.644. The van der Waals surface area contributed by atoms with E-state index in [1.54, 1.807) is 0 Å². The summed E-state index contributed by atoms with van der Waals surface area (Å²) in [4.78, 5) is 4.37. The van der Waals surface area contributed by atoms with E-state index in [2.05, 4.69) is 34.9 Å². The summed E-state index contributed by atoms with van der Waals surface area (Å²) in [6.45, 7) is 5.66. The molecule has 1 N–H and O–H groups in total. The van der Waals surface area contributed by atoms with E-state index in [-0.39, 0.29) is 0 Å². The lowest BCUT2D eigenvalue weighted by molar-refractivity contribution is 0.0869. The highest BCUT2D eigenvalue weighted by molar-refractivity contribution is 5.26. The Morgan fingerprint density at radius 1 is 1.47 bits per heavy atom. The SMILES string of the molecule is CC(C)OCCNc1nccn1C1CCCC1. The van der Waals surface area contributed by atoms with E-state index in [9.17, 15) is 0 Å². The van der Waals surface area contributed by atoms with E-state index in [0.717, 1.165) is 19.1 Å². The number of ether oxygens (including phenoxy) is 1. The van der Waals surface area contributed by atoms with Crippen LogP contribution in [0.25, 0.3) is 0 Å². The number of nitrogens with one attached hydrogen (secondary N) is 1. The smallest absolute Gasteiger partial charge is 0.203 e. The Hall–Kier alpha value is -1.03. The van der Waals surface area contributed by atoms with Crippen LogP contribution < -0.4 is 5.32 Å². The fraction of sp³-hybridized carbons (Fsp3) is 0.769. The molecule has 0 radical (unpaired) electrons. The maximum absolute atomic E-state index is 5.51. The molecule has 0 aromatic carbocycles. The van der Waals surface area contributed by atoms with Crippen molar-refractivity contribution in [2.75, 3.05) is 18.5 Å². The molecule has 96 valence electrons. The highest BCUT2D eigenvalue weighted by atomic mass is 16.5. The van der Waals surface area contributed by atoms with Crippen LogP contribution in [0.3, 0.4) is 0 Å². The Bertz CT molecular complexity index is 329. The van der Waals surface area contributed by atoms with Crippen molar-refractivity contribution in [1.29, 1.82) is 0 Å². The van der Waals surface area contributed by atoms with Gasteiger partial charge in [-0.15, -0.1) is 0 Å². The number of nitrogens with zero attached hydrogens (tertiary/aromatic N) is 2. The average molecular weight is 237 g/mol. The van der Waals surface area contributed by atoms with Crippen LogP contribution >= 0.6 is 0 Å². The van der Waals surface area contributed by atoms with Gasteiger partial charge in [-0.1, -0.05) is 12.8 Å². The van der Waals surface area contributed by atoms with Gasteiger partial charge in [-0.3, -0.25) is 0 Å². The summed E-state index contributed by atoms with van der Waals surface area (Å²) in [6.07, 6.45) is 9.52. The van der Waals surface area contributed by atoms with Gasteiger partial charge in [0, 0.05) is 25.0 Å². The first-order valence-corrected chi connectivity index (χ1v) is 6.65. The third-order valence-electron chi connectivity index (χ3n) is 3.22. The molecule has 0 spiro atoms. The molecule has 1 fully saturated rings. The molecule has 2 rings (SSSR count). The van der Waals surface area contributed by atoms with E-state index in [1.807, 2.05) is 6.20 Å². The number of hydrogen-bond acceptors (Lipinski definition) is 3. The normalized spacial score (nSPS) is 16.9. The largest absolute Gasteiger partial charge is 0.377 e. The zero-order valence-corrected chi connectivity index (χ0v) is 10.9. The summed E-state index contributed by atoms with van der Waals surface area (Å²) < 4.78 is 7.79. The van der Waals surface area contributed by atoms with Gasteiger partial charge in [-0.25, -0.2) is 4.98 Å². The van der Waals surface area contributed by atoms with Crippen LogP contribution in [0.1, 0.15) is 45.6 Å². The quantitative estimate of drug-likeness (QED) is 0.773. The van der Waals surface area contributed by atoms with Crippen molar-refractivity contribution < 1.29 is 4.74 Å². The Balaban J connectivity index is 1.82. The first-order chi connectivity index (χ1) is 8.27. The molecule has 0 bridgehead atoms. The lowest BCUT2D eigenvalue weighted by atomic mass is 10.2. The second-order valence-corrected chi connectivity index (χ2v) is 4.94. The second-order valence-electron chi connectivity index (χ2n) is 4.94. The van der Waals surface area contributed by atoms with Crippen LogP contribution in [-0.4, -0.2) is 28.8 Å². The molecule has 4 nitrogen and oxygen atoms in total. The minimum absolute atomic E-state index is 0.298. The molecule has 1 aromatic rings. The molecule has 0 amide bonds. The van der Waals surface area contributed by atoms with Crippen molar-refractivity contribution in [2.24, 2.45) is 0 Å². The second kappa shape index (κ2) is 6.05. The van der Waals surface area contributed by atoms with Crippen molar-refractivity contribution in [1.82, 2.24) is 9.55 Å². The maximum atomic E-state index is 5.51. The molecule has 17 heavy (non-hydrogen) atoms. The van der Waals surface area contributed by atoms with Gasteiger partial charge in [0.25, 0.3) is 0 Å². The van der Waals surface area contributed by atoms with Gasteiger partial charge in [-0.05, 0) is 26.7 Å². The predicted octanol–water partition coefficient (Wildman–Crippen LogP) is 2.84. The van der Waals surface area contributed by atoms with E-state index in [0.29, 0.717) is 12.1 Å². The Kier molecular flexibility index (Phi) is 4.42. The average Bonchev–Trinajstić information content (AvgIpc) is 2.94. The van der Waals surface area contributed by atoms with Crippen molar-refractivity contribution in [2.45, 2.75) is 51.7 Å². The van der Waals surface area contributed by atoms with Gasteiger partial charge in [0.2, 0.25) is 5.95 Å². The zero-order chi connectivity index (χ0) is 12.1. The van der Waals surface area contributed by atoms with E-state index < -0.39 is 0 Å². The lowest BCUT2D eigenvalue weighted by Gasteiger charge is -2.16. The van der Waals surface area contributed by atoms with Gasteiger partial charge in [0.05, 0.1) is 12.7 Å². The van der Waals surface area contributed by atoms with Crippen molar-refractivity contribution in [3.63, 3.8) is 0 Å². The summed E-state index contributed by atoms with van der Waals surface area (Å²) in [5.41, 5.74) is 0. The molecule has 1 aromatic heterocycles. The molecule has 1 aliphatic carbocycles. The monoisotopic (exact) mass is 237 g/mol. The van der Waals surface area contributed by atoms with Crippen LogP contribution in [0.2, 0.25) is 0 Å². The summed E-state index contributed by atoms with van der Waals surface area (Å²) >= 11 is 0. The van der Waals surface area contributed by atoms with Crippen LogP contribution in [-0.2, 0) is 4.74 Å². The molecule has 1 heterocycles. The minimum atomic E-state index is 0.298. The third kappa shape index (κ3) is 3.46. The minimum Gasteiger partial charge on any atom is -0.377 e. The summed E-state index contributed by atoms with van der Waals surface area (Å²) in [7, 11) is 0. The Morgan fingerprint density at radius 3 is 2.94 bits per heavy atom. The summed E-state index contributed by atoms with van der Waals surface area (Å²) in [5.74, 6) is 0.990. The zero-order valence-electron chi connectivity index (χ0n) is 10.9. The van der Waals surface area contributed by atoms with E-state index >= 15 is 0 Å². The fourth-order valence-electron chi connectivity index (χ4n) is 2.38. The molecule has 1 aliphatic rings. The maximum Gasteiger partial charge on any atom is 0.203 e. The number of imidazole rings is 1. The fourth-order valence-corrected chi connectivity index (χ4v) is 2.38. The van der Waals surface area contributed by atoms with Gasteiger partial charge < -0.3 is 14.6 Å². The van der Waals surface area contributed by atoms with Gasteiger partial charge in [-0.2, -0.15) is 0 Å². The van der Waals surface area contributed by atoms with E-state index in [4.69, 9.17) is 4.74 Å². The standard InChI is InChI=1S/C13H23N3O/c1-11(2)17-10-8-15-13-14-7-9-16(13)12-5-3-4-6-12/h7,9,11-12H,3-6,8,10H2,1-2H3,(H,14,15). The predicted molar refractivity (Wildman–Crippen MR) is 69.3 cm³/mol. The van der Waals surface area contributed by atoms with Crippen LogP contribution in [0.5, 0.6) is 0 Å². The molecular weight excluding hydrogens is 214 g/mol. The van der Waals surface area contributed by atoms with Crippen molar-refractivity contribution in [3.05, 3.63) is 12.4 Å². The van der Waals surface area contributed by atoms with Crippen molar-refractivity contribution in [3.8, 4) is 0 Å². The third-order valence-corrected chi connectivity index (χ3v) is 3.22. The first-order valence-electron chi connectivity index (χ1n) is 6.65. The molecule has 1 saturated carbocycles. The highest BCUT2D eigenvalue weighted by Crippen LogP contribution is 2.31. The topological polar surface area (TPSA) is 39.1 Å². The van der Waals surface area contributed by atoms with Crippen LogP contribution in [0.4, 0.5) is 5.95 Å². The Morgan fingerprint density at radius 2 is 2.24 bits per heavy atom. The molecular formula is C13H23N3O. The Labute approximate surface area is 103 Å². The van der Waals surface area contributed by atoms with Gasteiger partial charge in [0.15, 0.2) is 0 Å². The number of anilines is 1. The van der Waals surface area contributed by atoms with Gasteiger partial charge >= 0.3 is 0 Å². The number of hydrogen-bond donors (Lipinski definition) is 1. The molecule has 0 saturated heterocycles. The number of rotatable bonds is 6. The van der Waals surface area contributed by atoms with Crippen molar-refractivity contribution >= 4 is 5.95 Å². The molecule has 0 aliphatic heterocycles. The molecule has 0 atom stereocenters. The van der Waals surface area contributed by atoms with E-state index in [1.165, 1.54) is 25.7 Å². The van der Waals surface area contributed by atoms with Gasteiger partial charge in [0.1, 0.15) is 0 Å². The summed E-state index contributed by atoms with van der Waals surface area (Å²) in [5, 5.41) is 3.35. The number of aromatic nitrogens is 2.